The summed E-state index contributed by atoms with van der Waals surface area (Å²) in [4.78, 5) is 23.4. The maximum Gasteiger partial charge on any atom is 0.326 e. The van der Waals surface area contributed by atoms with Gasteiger partial charge in [-0.3, -0.25) is 4.79 Å². The highest BCUT2D eigenvalue weighted by Gasteiger charge is 2.20. The number of aliphatic carboxylic acids is 1. The van der Waals surface area contributed by atoms with E-state index in [0.717, 1.165) is 5.56 Å². The van der Waals surface area contributed by atoms with Gasteiger partial charge in [0, 0.05) is 6.42 Å². The van der Waals surface area contributed by atoms with E-state index in [4.69, 9.17) is 4.74 Å². The third kappa shape index (κ3) is 5.08. The van der Waals surface area contributed by atoms with Crippen LogP contribution in [0.3, 0.4) is 0 Å². The summed E-state index contributed by atoms with van der Waals surface area (Å²) in [7, 11) is 1.52. The number of carboxylic acids is 1. The number of ether oxygens (including phenoxy) is 1. The Kier molecular flexibility index (Phi) is 5.89. The number of hydrogen-bond acceptors (Lipinski definition) is 3. The fourth-order valence-electron chi connectivity index (χ4n) is 2.31. The molecule has 1 unspecified atom stereocenters. The summed E-state index contributed by atoms with van der Waals surface area (Å²) in [5.41, 5.74) is 1.21. The molecule has 0 aliphatic rings. The molecule has 2 aromatic rings. The van der Waals surface area contributed by atoms with Gasteiger partial charge >= 0.3 is 5.97 Å². The van der Waals surface area contributed by atoms with Crippen LogP contribution in [0.15, 0.2) is 48.5 Å². The van der Waals surface area contributed by atoms with Gasteiger partial charge in [0.1, 0.15) is 17.6 Å². The van der Waals surface area contributed by atoms with Gasteiger partial charge in [0.05, 0.1) is 13.5 Å². The van der Waals surface area contributed by atoms with E-state index in [1.54, 1.807) is 30.3 Å². The second-order valence-corrected chi connectivity index (χ2v) is 5.32. The average molecular weight is 331 g/mol. The number of carboxylic acid groups (broad SMARTS) is 1. The molecule has 0 saturated heterocycles. The zero-order chi connectivity index (χ0) is 17.5. The highest BCUT2D eigenvalue weighted by atomic mass is 19.1. The molecule has 0 fully saturated rings. The van der Waals surface area contributed by atoms with E-state index in [-0.39, 0.29) is 12.8 Å². The number of methoxy groups -OCH3 is 1. The minimum atomic E-state index is -1.13. The van der Waals surface area contributed by atoms with E-state index in [2.05, 4.69) is 5.32 Å². The highest BCUT2D eigenvalue weighted by Crippen LogP contribution is 2.14. The summed E-state index contributed by atoms with van der Waals surface area (Å²) >= 11 is 0. The molecule has 0 saturated carbocycles. The molecule has 5 nitrogen and oxygen atoms in total. The predicted octanol–water partition coefficient (Wildman–Crippen LogP) is 2.19. The van der Waals surface area contributed by atoms with Crippen molar-refractivity contribution in [3.8, 4) is 5.75 Å². The normalized spacial score (nSPS) is 11.6. The van der Waals surface area contributed by atoms with Crippen molar-refractivity contribution in [3.05, 3.63) is 65.5 Å². The Bertz CT molecular complexity index is 732. The monoisotopic (exact) mass is 331 g/mol. The molecule has 24 heavy (non-hydrogen) atoms. The molecule has 2 N–H and O–H groups in total. The fourth-order valence-corrected chi connectivity index (χ4v) is 2.31. The topological polar surface area (TPSA) is 75.6 Å². The van der Waals surface area contributed by atoms with Crippen LogP contribution in [0.5, 0.6) is 5.75 Å². The Hall–Kier alpha value is -2.89. The van der Waals surface area contributed by atoms with Crippen LogP contribution in [0, 0.1) is 5.82 Å². The number of carbonyl (C=O) groups is 2. The van der Waals surface area contributed by atoms with Crippen molar-refractivity contribution in [2.24, 2.45) is 0 Å². The largest absolute Gasteiger partial charge is 0.497 e. The summed E-state index contributed by atoms with van der Waals surface area (Å²) in [6.45, 7) is 0. The van der Waals surface area contributed by atoms with Crippen LogP contribution in [0.25, 0.3) is 0 Å². The first-order valence-corrected chi connectivity index (χ1v) is 7.37. The summed E-state index contributed by atoms with van der Waals surface area (Å²) < 4.78 is 18.2. The van der Waals surface area contributed by atoms with Crippen LogP contribution in [-0.2, 0) is 22.4 Å². The lowest BCUT2D eigenvalue weighted by molar-refractivity contribution is -0.141. The van der Waals surface area contributed by atoms with Gasteiger partial charge in [-0.05, 0) is 35.4 Å². The lowest BCUT2D eigenvalue weighted by Crippen LogP contribution is -2.43. The van der Waals surface area contributed by atoms with Gasteiger partial charge in [-0.2, -0.15) is 0 Å². The van der Waals surface area contributed by atoms with Crippen LogP contribution in [0.4, 0.5) is 4.39 Å². The number of amides is 1. The summed E-state index contributed by atoms with van der Waals surface area (Å²) in [6, 6.07) is 11.6. The Labute approximate surface area is 139 Å². The van der Waals surface area contributed by atoms with Crippen molar-refractivity contribution in [2.45, 2.75) is 18.9 Å². The van der Waals surface area contributed by atoms with Crippen molar-refractivity contribution >= 4 is 11.9 Å². The third-order valence-electron chi connectivity index (χ3n) is 3.46. The van der Waals surface area contributed by atoms with Crippen molar-refractivity contribution in [3.63, 3.8) is 0 Å². The minimum Gasteiger partial charge on any atom is -0.497 e. The van der Waals surface area contributed by atoms with Gasteiger partial charge in [0.15, 0.2) is 0 Å². The zero-order valence-corrected chi connectivity index (χ0v) is 13.2. The summed E-state index contributed by atoms with van der Waals surface area (Å²) in [5, 5.41) is 11.8. The molecule has 2 rings (SSSR count). The average Bonchev–Trinajstić information content (AvgIpc) is 2.54. The SMILES string of the molecule is COc1cccc(CC(NC(=O)Cc2cccc(F)c2)C(=O)O)c1. The van der Waals surface area contributed by atoms with Crippen LogP contribution in [0.2, 0.25) is 0 Å². The smallest absolute Gasteiger partial charge is 0.326 e. The highest BCUT2D eigenvalue weighted by molar-refractivity contribution is 5.85. The van der Waals surface area contributed by atoms with Crippen LogP contribution < -0.4 is 10.1 Å². The predicted molar refractivity (Wildman–Crippen MR) is 86.4 cm³/mol. The van der Waals surface area contributed by atoms with Gasteiger partial charge in [0.25, 0.3) is 0 Å². The molecule has 0 radical (unpaired) electrons. The summed E-state index contributed by atoms with van der Waals surface area (Å²) in [6.07, 6.45) is 0.0427. The van der Waals surface area contributed by atoms with Gasteiger partial charge in [-0.15, -0.1) is 0 Å². The Morgan fingerprint density at radius 2 is 1.88 bits per heavy atom. The minimum absolute atomic E-state index is 0.0837. The van der Waals surface area contributed by atoms with Crippen molar-refractivity contribution in [2.75, 3.05) is 7.11 Å². The number of halogens is 1. The first-order valence-electron chi connectivity index (χ1n) is 7.37. The van der Waals surface area contributed by atoms with Gasteiger partial charge in [-0.1, -0.05) is 24.3 Å². The molecule has 1 amide bonds. The standard InChI is InChI=1S/C18H18FNO4/c1-24-15-7-3-5-13(9-15)10-16(18(22)23)20-17(21)11-12-4-2-6-14(19)8-12/h2-9,16H,10-11H2,1H3,(H,20,21)(H,22,23). The van der Waals surface area contributed by atoms with E-state index in [1.165, 1.54) is 25.3 Å². The third-order valence-corrected chi connectivity index (χ3v) is 3.46. The van der Waals surface area contributed by atoms with Crippen molar-refractivity contribution < 1.29 is 23.8 Å². The molecule has 1 atom stereocenters. The maximum atomic E-state index is 13.1. The molecule has 2 aromatic carbocycles. The van der Waals surface area contributed by atoms with E-state index in [0.29, 0.717) is 11.3 Å². The molecule has 0 aromatic heterocycles. The lowest BCUT2D eigenvalue weighted by Gasteiger charge is -2.15. The second-order valence-electron chi connectivity index (χ2n) is 5.32. The molecule has 0 bridgehead atoms. The van der Waals surface area contributed by atoms with E-state index < -0.39 is 23.7 Å². The summed E-state index contributed by atoms with van der Waals surface area (Å²) in [5.74, 6) is -1.43. The molecule has 0 aliphatic heterocycles. The number of carbonyl (C=O) groups excluding carboxylic acids is 1. The van der Waals surface area contributed by atoms with E-state index in [9.17, 15) is 19.1 Å². The fraction of sp³-hybridized carbons (Fsp3) is 0.222. The van der Waals surface area contributed by atoms with Gasteiger partial charge in [-0.25, -0.2) is 9.18 Å². The maximum absolute atomic E-state index is 13.1. The van der Waals surface area contributed by atoms with Gasteiger partial charge < -0.3 is 15.2 Å². The molecular formula is C18H18FNO4. The van der Waals surface area contributed by atoms with Crippen molar-refractivity contribution in [1.82, 2.24) is 5.32 Å². The second kappa shape index (κ2) is 8.10. The first kappa shape index (κ1) is 17.5. The Morgan fingerprint density at radius 1 is 1.17 bits per heavy atom. The van der Waals surface area contributed by atoms with Crippen LogP contribution in [-0.4, -0.2) is 30.1 Å². The molecule has 0 heterocycles. The van der Waals surface area contributed by atoms with Gasteiger partial charge in [0.2, 0.25) is 5.91 Å². The number of benzene rings is 2. The lowest BCUT2D eigenvalue weighted by atomic mass is 10.0. The molecule has 6 heteroatoms. The van der Waals surface area contributed by atoms with Crippen molar-refractivity contribution in [1.29, 1.82) is 0 Å². The number of nitrogens with one attached hydrogen (secondary N) is 1. The molecular weight excluding hydrogens is 313 g/mol. The Balaban J connectivity index is 2.02. The molecule has 0 spiro atoms. The quantitative estimate of drug-likeness (QED) is 0.815. The number of rotatable bonds is 7. The Morgan fingerprint density at radius 3 is 2.54 bits per heavy atom. The van der Waals surface area contributed by atoms with Crippen LogP contribution >= 0.6 is 0 Å². The van der Waals surface area contributed by atoms with E-state index >= 15 is 0 Å². The molecule has 126 valence electrons. The molecule has 0 aliphatic carbocycles. The van der Waals surface area contributed by atoms with Crippen LogP contribution in [0.1, 0.15) is 11.1 Å². The van der Waals surface area contributed by atoms with E-state index in [1.807, 2.05) is 0 Å². The number of hydrogen-bond donors (Lipinski definition) is 2. The zero-order valence-electron chi connectivity index (χ0n) is 13.2. The first-order chi connectivity index (χ1) is 11.5.